The molecule has 0 amide bonds. The topological polar surface area (TPSA) is 50.5 Å². The first-order valence-electron chi connectivity index (χ1n) is 7.94. The Labute approximate surface area is 118 Å². The Morgan fingerprint density at radius 2 is 2.11 bits per heavy atom. The molecule has 0 radical (unpaired) electrons. The van der Waals surface area contributed by atoms with Gasteiger partial charge in [0.25, 0.3) is 0 Å². The van der Waals surface area contributed by atoms with Crippen molar-refractivity contribution < 1.29 is 4.74 Å². The molecule has 0 aromatic heterocycles. The molecule has 4 heteroatoms. The molecule has 0 aromatic rings. The Hall–Kier alpha value is -0.160. The van der Waals surface area contributed by atoms with Gasteiger partial charge in [-0.15, -0.1) is 0 Å². The van der Waals surface area contributed by atoms with E-state index in [9.17, 15) is 0 Å². The van der Waals surface area contributed by atoms with Gasteiger partial charge in [0.05, 0.1) is 13.2 Å². The highest BCUT2D eigenvalue weighted by Crippen LogP contribution is 2.35. The van der Waals surface area contributed by atoms with Gasteiger partial charge in [-0.3, -0.25) is 0 Å². The lowest BCUT2D eigenvalue weighted by molar-refractivity contribution is -0.0238. The zero-order valence-electron chi connectivity index (χ0n) is 12.7. The minimum Gasteiger partial charge on any atom is -0.379 e. The van der Waals surface area contributed by atoms with Crippen LogP contribution in [0.1, 0.15) is 46.0 Å². The van der Waals surface area contributed by atoms with Gasteiger partial charge < -0.3 is 10.5 Å². The lowest BCUT2D eigenvalue weighted by Gasteiger charge is -2.45. The number of rotatable bonds is 5. The summed E-state index contributed by atoms with van der Waals surface area (Å²) >= 11 is 0. The maximum atomic E-state index is 6.13. The van der Waals surface area contributed by atoms with E-state index in [-0.39, 0.29) is 5.54 Å². The van der Waals surface area contributed by atoms with Crippen LogP contribution >= 0.6 is 0 Å². The van der Waals surface area contributed by atoms with Crippen molar-refractivity contribution in [3.8, 4) is 0 Å². The van der Waals surface area contributed by atoms with Crippen LogP contribution in [0.25, 0.3) is 0 Å². The fourth-order valence-corrected chi connectivity index (χ4v) is 3.70. The molecular formula is C15H31N3O. The molecule has 4 nitrogen and oxygen atoms in total. The minimum atomic E-state index is 0.134. The highest BCUT2D eigenvalue weighted by Gasteiger charge is 2.36. The van der Waals surface area contributed by atoms with E-state index in [0.29, 0.717) is 0 Å². The summed E-state index contributed by atoms with van der Waals surface area (Å²) in [5.41, 5.74) is 10.0. The van der Waals surface area contributed by atoms with Crippen molar-refractivity contribution in [1.29, 1.82) is 0 Å². The summed E-state index contributed by atoms with van der Waals surface area (Å²) < 4.78 is 5.42. The van der Waals surface area contributed by atoms with Crippen LogP contribution in [0.5, 0.6) is 0 Å². The molecule has 2 aliphatic rings. The van der Waals surface area contributed by atoms with Crippen LogP contribution in [-0.4, -0.2) is 43.4 Å². The van der Waals surface area contributed by atoms with Gasteiger partial charge in [-0.25, -0.2) is 10.4 Å². The smallest absolute Gasteiger partial charge is 0.0608 e. The van der Waals surface area contributed by atoms with Gasteiger partial charge in [0, 0.05) is 25.2 Å². The molecule has 1 saturated heterocycles. The Morgan fingerprint density at radius 3 is 2.74 bits per heavy atom. The molecule has 112 valence electrons. The van der Waals surface area contributed by atoms with Crippen molar-refractivity contribution in [3.05, 3.63) is 0 Å². The lowest BCUT2D eigenvalue weighted by Crippen LogP contribution is -2.62. The van der Waals surface area contributed by atoms with Crippen molar-refractivity contribution in [3.63, 3.8) is 0 Å². The molecule has 2 atom stereocenters. The van der Waals surface area contributed by atoms with Crippen LogP contribution < -0.4 is 11.2 Å². The Bertz CT molecular complexity index is 266. The van der Waals surface area contributed by atoms with Gasteiger partial charge in [0.15, 0.2) is 0 Å². The Morgan fingerprint density at radius 1 is 1.37 bits per heavy atom. The molecule has 2 unspecified atom stereocenters. The van der Waals surface area contributed by atoms with E-state index in [4.69, 9.17) is 10.5 Å². The summed E-state index contributed by atoms with van der Waals surface area (Å²) in [5, 5.41) is 2.33. The molecule has 0 aromatic carbocycles. The molecule has 1 aliphatic carbocycles. The van der Waals surface area contributed by atoms with E-state index >= 15 is 0 Å². The van der Waals surface area contributed by atoms with E-state index in [1.165, 1.54) is 32.1 Å². The van der Waals surface area contributed by atoms with Crippen LogP contribution in [0.2, 0.25) is 0 Å². The van der Waals surface area contributed by atoms with Crippen LogP contribution in [-0.2, 0) is 4.74 Å². The predicted molar refractivity (Wildman–Crippen MR) is 78.7 cm³/mol. The maximum Gasteiger partial charge on any atom is 0.0608 e. The third-order valence-corrected chi connectivity index (χ3v) is 4.55. The van der Waals surface area contributed by atoms with E-state index in [0.717, 1.165) is 44.7 Å². The van der Waals surface area contributed by atoms with Crippen molar-refractivity contribution in [2.45, 2.75) is 51.5 Å². The van der Waals surface area contributed by atoms with Crippen molar-refractivity contribution in [2.24, 2.45) is 17.6 Å². The molecular weight excluding hydrogens is 238 g/mol. The number of nitrogens with two attached hydrogens (primary N) is 1. The zero-order chi connectivity index (χ0) is 13.7. The average molecular weight is 269 g/mol. The quantitative estimate of drug-likeness (QED) is 0.798. The number of hydrogen-bond donors (Lipinski definition) is 2. The van der Waals surface area contributed by atoms with Gasteiger partial charge in [-0.05, 0) is 31.1 Å². The Kier molecular flexibility index (Phi) is 5.63. The number of hydrogen-bond acceptors (Lipinski definition) is 4. The molecule has 0 bridgehead atoms. The Balaban J connectivity index is 1.91. The number of nitrogens with zero attached hydrogens (tertiary/aromatic N) is 1. The second-order valence-electron chi connectivity index (χ2n) is 6.79. The summed E-state index contributed by atoms with van der Waals surface area (Å²) in [5.74, 6) is 1.63. The first-order chi connectivity index (χ1) is 9.13. The predicted octanol–water partition coefficient (Wildman–Crippen LogP) is 1.76. The summed E-state index contributed by atoms with van der Waals surface area (Å²) in [6, 6.07) is 0. The first-order valence-corrected chi connectivity index (χ1v) is 7.94. The van der Waals surface area contributed by atoms with E-state index < -0.39 is 0 Å². The van der Waals surface area contributed by atoms with Crippen molar-refractivity contribution in [2.75, 3.05) is 32.8 Å². The molecule has 2 rings (SSSR count). The van der Waals surface area contributed by atoms with Crippen LogP contribution in [0, 0.1) is 11.8 Å². The van der Waals surface area contributed by atoms with Gasteiger partial charge >= 0.3 is 0 Å². The highest BCUT2D eigenvalue weighted by atomic mass is 16.5. The summed E-state index contributed by atoms with van der Waals surface area (Å²) in [6.07, 6.45) is 6.48. The zero-order valence-corrected chi connectivity index (χ0v) is 12.7. The van der Waals surface area contributed by atoms with Crippen molar-refractivity contribution in [1.82, 2.24) is 10.4 Å². The van der Waals surface area contributed by atoms with Crippen molar-refractivity contribution >= 4 is 0 Å². The van der Waals surface area contributed by atoms with Crippen LogP contribution in [0.3, 0.4) is 0 Å². The fraction of sp³-hybridized carbons (Fsp3) is 1.00. The molecule has 1 saturated carbocycles. The minimum absolute atomic E-state index is 0.134. The second-order valence-corrected chi connectivity index (χ2v) is 6.79. The second kappa shape index (κ2) is 7.02. The van der Waals surface area contributed by atoms with Gasteiger partial charge in [-0.2, -0.15) is 0 Å². The van der Waals surface area contributed by atoms with Gasteiger partial charge in [0.1, 0.15) is 0 Å². The van der Waals surface area contributed by atoms with Crippen LogP contribution in [0.15, 0.2) is 0 Å². The molecule has 0 spiro atoms. The van der Waals surface area contributed by atoms with E-state index in [1.54, 1.807) is 0 Å². The van der Waals surface area contributed by atoms with E-state index in [2.05, 4.69) is 24.3 Å². The summed E-state index contributed by atoms with van der Waals surface area (Å²) in [4.78, 5) is 0. The lowest BCUT2D eigenvalue weighted by atomic mass is 9.73. The largest absolute Gasteiger partial charge is 0.379 e. The number of nitrogens with one attached hydrogen (secondary N) is 1. The highest BCUT2D eigenvalue weighted by molar-refractivity contribution is 4.94. The van der Waals surface area contributed by atoms with E-state index in [1.807, 2.05) is 0 Å². The molecule has 2 fully saturated rings. The average Bonchev–Trinajstić information content (AvgIpc) is 2.39. The first kappa shape index (κ1) is 15.2. The fourth-order valence-electron chi connectivity index (χ4n) is 3.70. The maximum absolute atomic E-state index is 6.13. The molecule has 1 aliphatic heterocycles. The van der Waals surface area contributed by atoms with Crippen LogP contribution in [0.4, 0.5) is 0 Å². The monoisotopic (exact) mass is 269 g/mol. The number of morpholine rings is 1. The van der Waals surface area contributed by atoms with Gasteiger partial charge in [0.2, 0.25) is 0 Å². The normalized spacial score (nSPS) is 33.8. The summed E-state index contributed by atoms with van der Waals surface area (Å²) in [6.45, 7) is 9.04. The molecule has 1 heterocycles. The number of ether oxygens (including phenoxy) is 1. The molecule has 19 heavy (non-hydrogen) atoms. The summed E-state index contributed by atoms with van der Waals surface area (Å²) in [7, 11) is 0. The SMILES string of the molecule is CC(C)CC1CCCC(CN)(NN2CCOCC2)C1. The molecule has 3 N–H and O–H groups in total. The standard InChI is InChI=1S/C15H31N3O/c1-13(2)10-14-4-3-5-15(11-14,12-16)17-18-6-8-19-9-7-18/h13-14,17H,3-12,16H2,1-2H3. The third kappa shape index (κ3) is 4.42. The van der Waals surface area contributed by atoms with Gasteiger partial charge in [-0.1, -0.05) is 26.7 Å². The number of hydrazine groups is 1. The third-order valence-electron chi connectivity index (χ3n) is 4.55.